The largest absolute Gasteiger partial charge is 0.405 e. The Labute approximate surface area is 183 Å². The zero-order valence-corrected chi connectivity index (χ0v) is 17.1. The molecule has 0 aliphatic heterocycles. The molecule has 0 atom stereocenters. The molecule has 1 rings (SSSR count). The van der Waals surface area contributed by atoms with Crippen molar-refractivity contribution in [3.8, 4) is 6.07 Å². The number of halogens is 3. The lowest BCUT2D eigenvalue weighted by molar-refractivity contribution is -0.120. The van der Waals surface area contributed by atoms with Crippen molar-refractivity contribution in [1.29, 1.82) is 5.26 Å². The van der Waals surface area contributed by atoms with Gasteiger partial charge in [0.25, 0.3) is 5.92 Å². The fraction of sp³-hybridized carbons (Fsp3) is 0.250. The van der Waals surface area contributed by atoms with Crippen LogP contribution >= 0.6 is 0 Å². The fourth-order valence-electron chi connectivity index (χ4n) is 2.29. The van der Waals surface area contributed by atoms with Gasteiger partial charge in [-0.3, -0.25) is 4.79 Å². The number of benzene rings is 1. The summed E-state index contributed by atoms with van der Waals surface area (Å²) in [6.07, 6.45) is 4.38. The number of nitriles is 1. The number of anilines is 1. The average molecular weight is 451 g/mol. The summed E-state index contributed by atoms with van der Waals surface area (Å²) in [5.74, 6) is -5.30. The number of nitrogens with one attached hydrogen (secondary N) is 2. The van der Waals surface area contributed by atoms with Crippen LogP contribution in [0.2, 0.25) is 0 Å². The third-order valence-corrected chi connectivity index (χ3v) is 3.88. The molecule has 1 aromatic carbocycles. The molecule has 0 saturated heterocycles. The predicted molar refractivity (Wildman–Crippen MR) is 115 cm³/mol. The lowest BCUT2D eigenvalue weighted by atomic mass is 10.0. The standard InChI is InChI=1S/C20H24F3N7O2/c1-13(4-2-3-7-24)20(22,23)12-29-16-6-5-14(11-25)15(18(16)21)10-17(31)28-8-9-32-30-19(26)27/h2-7,29H,1,8-10,12,24H2,(H,28,31)(H4,26,27,30)/b4-2-,7-3-. The minimum atomic E-state index is -3.40. The molecule has 0 fully saturated rings. The van der Waals surface area contributed by atoms with Gasteiger partial charge in [0.05, 0.1) is 36.8 Å². The second-order valence-corrected chi connectivity index (χ2v) is 6.27. The van der Waals surface area contributed by atoms with Crippen LogP contribution in [0.1, 0.15) is 11.1 Å². The van der Waals surface area contributed by atoms with Gasteiger partial charge in [-0.2, -0.15) is 14.0 Å². The molecule has 12 heteroatoms. The maximum absolute atomic E-state index is 14.9. The van der Waals surface area contributed by atoms with Crippen LogP contribution in [0.15, 0.2) is 53.9 Å². The van der Waals surface area contributed by atoms with Crippen molar-refractivity contribution in [3.05, 3.63) is 65.7 Å². The van der Waals surface area contributed by atoms with Crippen molar-refractivity contribution in [2.75, 3.05) is 25.0 Å². The summed E-state index contributed by atoms with van der Waals surface area (Å²) < 4.78 is 43.3. The summed E-state index contributed by atoms with van der Waals surface area (Å²) in [5, 5.41) is 17.2. The summed E-state index contributed by atoms with van der Waals surface area (Å²) >= 11 is 0. The highest BCUT2D eigenvalue weighted by molar-refractivity contribution is 5.80. The highest BCUT2D eigenvalue weighted by Crippen LogP contribution is 2.27. The van der Waals surface area contributed by atoms with E-state index in [9.17, 15) is 23.2 Å². The monoisotopic (exact) mass is 451 g/mol. The van der Waals surface area contributed by atoms with Gasteiger partial charge in [0.2, 0.25) is 11.9 Å². The van der Waals surface area contributed by atoms with Crippen LogP contribution in [0.3, 0.4) is 0 Å². The van der Waals surface area contributed by atoms with Crippen molar-refractivity contribution in [1.82, 2.24) is 5.32 Å². The first-order valence-electron chi connectivity index (χ1n) is 9.17. The number of nitrogens with two attached hydrogens (primary N) is 3. The number of carbonyl (C=O) groups is 1. The van der Waals surface area contributed by atoms with E-state index in [-0.39, 0.29) is 35.9 Å². The summed E-state index contributed by atoms with van der Waals surface area (Å²) in [6, 6.07) is 4.15. The third kappa shape index (κ3) is 8.31. The van der Waals surface area contributed by atoms with Crippen molar-refractivity contribution in [2.24, 2.45) is 22.4 Å². The number of amides is 1. The van der Waals surface area contributed by atoms with Gasteiger partial charge in [-0.15, -0.1) is 0 Å². The molecule has 0 aliphatic rings. The van der Waals surface area contributed by atoms with Crippen LogP contribution in [0.5, 0.6) is 0 Å². The number of oxime groups is 1. The molecule has 9 nitrogen and oxygen atoms in total. The Morgan fingerprint density at radius 2 is 2.06 bits per heavy atom. The predicted octanol–water partition coefficient (Wildman–Crippen LogP) is 1.19. The summed E-state index contributed by atoms with van der Waals surface area (Å²) in [5.41, 5.74) is 14.1. The highest BCUT2D eigenvalue weighted by atomic mass is 19.3. The van der Waals surface area contributed by atoms with Crippen LogP contribution in [0.4, 0.5) is 18.9 Å². The molecule has 0 bridgehead atoms. The Hall–Kier alpha value is -4.14. The highest BCUT2D eigenvalue weighted by Gasteiger charge is 2.31. The average Bonchev–Trinajstić information content (AvgIpc) is 2.73. The van der Waals surface area contributed by atoms with E-state index in [2.05, 4.69) is 22.4 Å². The lowest BCUT2D eigenvalue weighted by Crippen LogP contribution is -2.30. The van der Waals surface area contributed by atoms with Crippen molar-refractivity contribution >= 4 is 17.6 Å². The van der Waals surface area contributed by atoms with Gasteiger partial charge >= 0.3 is 0 Å². The number of alkyl halides is 2. The summed E-state index contributed by atoms with van der Waals surface area (Å²) in [4.78, 5) is 16.8. The maximum Gasteiger partial charge on any atom is 0.289 e. The number of nitrogens with zero attached hydrogens (tertiary/aromatic N) is 2. The Balaban J connectivity index is 2.85. The molecule has 0 saturated carbocycles. The number of hydrogen-bond donors (Lipinski definition) is 5. The minimum Gasteiger partial charge on any atom is -0.405 e. The van der Waals surface area contributed by atoms with Gasteiger partial charge in [0.1, 0.15) is 6.61 Å². The zero-order chi connectivity index (χ0) is 24.1. The topological polar surface area (TPSA) is 165 Å². The maximum atomic E-state index is 14.9. The number of rotatable bonds is 12. The van der Waals surface area contributed by atoms with E-state index in [4.69, 9.17) is 22.0 Å². The first-order valence-corrected chi connectivity index (χ1v) is 9.17. The molecule has 1 amide bonds. The van der Waals surface area contributed by atoms with E-state index in [0.29, 0.717) is 0 Å². The van der Waals surface area contributed by atoms with Gasteiger partial charge < -0.3 is 32.7 Å². The second-order valence-electron chi connectivity index (χ2n) is 6.27. The lowest BCUT2D eigenvalue weighted by Gasteiger charge is -2.19. The third-order valence-electron chi connectivity index (χ3n) is 3.88. The molecule has 8 N–H and O–H groups in total. The van der Waals surface area contributed by atoms with Crippen molar-refractivity contribution in [3.63, 3.8) is 0 Å². The van der Waals surface area contributed by atoms with Crippen molar-refractivity contribution < 1.29 is 22.8 Å². The molecular formula is C20H24F3N7O2. The SMILES string of the molecule is C=C(/C=C\C=C/N)C(F)(F)CNc1ccc(C#N)c(CC(=O)NCCON=C(N)N)c1F. The summed E-state index contributed by atoms with van der Waals surface area (Å²) in [7, 11) is 0. The van der Waals surface area contributed by atoms with E-state index in [1.165, 1.54) is 24.4 Å². The Bertz CT molecular complexity index is 949. The van der Waals surface area contributed by atoms with E-state index in [1.54, 1.807) is 6.07 Å². The van der Waals surface area contributed by atoms with Gasteiger partial charge in [-0.05, 0) is 29.6 Å². The molecule has 0 radical (unpaired) electrons. The Morgan fingerprint density at radius 1 is 1.34 bits per heavy atom. The number of allylic oxidation sites excluding steroid dienone is 3. The van der Waals surface area contributed by atoms with Gasteiger partial charge in [-0.1, -0.05) is 18.7 Å². The van der Waals surface area contributed by atoms with Gasteiger partial charge in [0, 0.05) is 11.1 Å². The van der Waals surface area contributed by atoms with Gasteiger partial charge in [-0.25, -0.2) is 4.39 Å². The van der Waals surface area contributed by atoms with Crippen LogP contribution in [0, 0.1) is 17.1 Å². The molecule has 0 aromatic heterocycles. The van der Waals surface area contributed by atoms with Gasteiger partial charge in [0.15, 0.2) is 5.82 Å². The van der Waals surface area contributed by atoms with Crippen LogP contribution in [-0.2, 0) is 16.1 Å². The molecule has 0 spiro atoms. The smallest absolute Gasteiger partial charge is 0.289 e. The molecule has 1 aromatic rings. The van der Waals surface area contributed by atoms with Crippen LogP contribution < -0.4 is 27.8 Å². The molecule has 0 aliphatic carbocycles. The zero-order valence-electron chi connectivity index (χ0n) is 17.1. The molecule has 172 valence electrons. The van der Waals surface area contributed by atoms with Crippen LogP contribution in [0.25, 0.3) is 0 Å². The summed E-state index contributed by atoms with van der Waals surface area (Å²) in [6.45, 7) is 2.30. The normalized spacial score (nSPS) is 11.2. The first kappa shape index (κ1) is 25.9. The number of carbonyl (C=O) groups excluding carboxylic acids is 1. The van der Waals surface area contributed by atoms with Crippen LogP contribution in [-0.4, -0.2) is 37.5 Å². The minimum absolute atomic E-state index is 0.0122. The molecule has 0 unspecified atom stereocenters. The Kier molecular flexibility index (Phi) is 10.1. The molecule has 0 heterocycles. The van der Waals surface area contributed by atoms with E-state index >= 15 is 0 Å². The van der Waals surface area contributed by atoms with E-state index in [1.807, 2.05) is 0 Å². The quantitative estimate of drug-likeness (QED) is 0.105. The molecule has 32 heavy (non-hydrogen) atoms. The van der Waals surface area contributed by atoms with E-state index in [0.717, 1.165) is 12.1 Å². The van der Waals surface area contributed by atoms with Crippen molar-refractivity contribution in [2.45, 2.75) is 12.3 Å². The number of guanidine groups is 1. The molecular weight excluding hydrogens is 427 g/mol. The fourth-order valence-corrected chi connectivity index (χ4v) is 2.29. The second kappa shape index (κ2) is 12.5. The number of hydrogen-bond acceptors (Lipinski definition) is 6. The Morgan fingerprint density at radius 3 is 2.69 bits per heavy atom. The first-order chi connectivity index (χ1) is 15.1. The van der Waals surface area contributed by atoms with E-state index < -0.39 is 36.2 Å².